The quantitative estimate of drug-likeness (QED) is 0.514. The van der Waals surface area contributed by atoms with Gasteiger partial charge < -0.3 is 14.6 Å². The Morgan fingerprint density at radius 2 is 1.93 bits per heavy atom. The summed E-state index contributed by atoms with van der Waals surface area (Å²) in [7, 11) is 0. The van der Waals surface area contributed by atoms with Crippen molar-refractivity contribution in [2.75, 3.05) is 13.2 Å². The van der Waals surface area contributed by atoms with E-state index >= 15 is 0 Å². The van der Waals surface area contributed by atoms with Gasteiger partial charge in [-0.3, -0.25) is 14.2 Å². The molecule has 7 heteroatoms. The zero-order chi connectivity index (χ0) is 21.6. The Labute approximate surface area is 170 Å². The fourth-order valence-electron chi connectivity index (χ4n) is 2.99. The van der Waals surface area contributed by atoms with Crippen molar-refractivity contribution >= 4 is 5.78 Å². The van der Waals surface area contributed by atoms with Gasteiger partial charge in [-0.15, -0.1) is 0 Å². The predicted octanol–water partition coefficient (Wildman–Crippen LogP) is 3.18. The molecule has 0 radical (unpaired) electrons. The Hall–Kier alpha value is -3.11. The molecule has 0 amide bonds. The van der Waals surface area contributed by atoms with E-state index in [1.165, 1.54) is 6.92 Å². The molecule has 1 aromatic heterocycles. The number of hydrogen-bond acceptors (Lipinski definition) is 6. The molecule has 2 aromatic rings. The fourth-order valence-corrected chi connectivity index (χ4v) is 2.99. The van der Waals surface area contributed by atoms with Crippen molar-refractivity contribution in [2.24, 2.45) is 0 Å². The summed E-state index contributed by atoms with van der Waals surface area (Å²) in [4.78, 5) is 25.7. The summed E-state index contributed by atoms with van der Waals surface area (Å²) in [6, 6.07) is 8.36. The summed E-state index contributed by atoms with van der Waals surface area (Å²) >= 11 is 0. The SMILES string of the molecule is CCOc1ccc(C(=O)c2c(C)c(C#N)c(=O)n(CCCOC(C)C)c2O)cc1. The van der Waals surface area contributed by atoms with Gasteiger partial charge >= 0.3 is 0 Å². The smallest absolute Gasteiger partial charge is 0.271 e. The molecule has 0 aliphatic rings. The molecule has 0 unspecified atom stereocenters. The van der Waals surface area contributed by atoms with Gasteiger partial charge in [0.05, 0.1) is 18.3 Å². The van der Waals surface area contributed by atoms with Crippen LogP contribution < -0.4 is 10.3 Å². The van der Waals surface area contributed by atoms with Crippen LogP contribution in [-0.2, 0) is 11.3 Å². The lowest BCUT2D eigenvalue weighted by atomic mass is 9.97. The number of nitrogens with zero attached hydrogens (tertiary/aromatic N) is 2. The van der Waals surface area contributed by atoms with E-state index in [1.54, 1.807) is 24.3 Å². The van der Waals surface area contributed by atoms with Crippen molar-refractivity contribution in [1.29, 1.82) is 5.26 Å². The Kier molecular flexibility index (Phi) is 7.57. The number of ketones is 1. The van der Waals surface area contributed by atoms with Crippen LogP contribution in [0.15, 0.2) is 29.1 Å². The number of hydrogen-bond donors (Lipinski definition) is 1. The maximum Gasteiger partial charge on any atom is 0.271 e. The molecular weight excluding hydrogens is 372 g/mol. The summed E-state index contributed by atoms with van der Waals surface area (Å²) < 4.78 is 11.9. The third kappa shape index (κ3) is 5.04. The van der Waals surface area contributed by atoms with Crippen LogP contribution in [0.5, 0.6) is 11.6 Å². The minimum atomic E-state index is -0.615. The van der Waals surface area contributed by atoms with Crippen LogP contribution in [0.1, 0.15) is 54.2 Å². The molecule has 0 aliphatic heterocycles. The maximum atomic E-state index is 13.1. The molecule has 0 aliphatic carbocycles. The average molecular weight is 398 g/mol. The molecule has 0 atom stereocenters. The first kappa shape index (κ1) is 22.2. The zero-order valence-electron chi connectivity index (χ0n) is 17.2. The maximum absolute atomic E-state index is 13.1. The van der Waals surface area contributed by atoms with Crippen LogP contribution >= 0.6 is 0 Å². The normalized spacial score (nSPS) is 10.8. The molecule has 1 aromatic carbocycles. The van der Waals surface area contributed by atoms with E-state index in [4.69, 9.17) is 9.47 Å². The lowest BCUT2D eigenvalue weighted by Crippen LogP contribution is -2.27. The minimum absolute atomic E-state index is 0.0461. The molecule has 7 nitrogen and oxygen atoms in total. The highest BCUT2D eigenvalue weighted by Gasteiger charge is 2.24. The number of carbonyl (C=O) groups is 1. The molecular formula is C22H26N2O5. The molecule has 0 saturated carbocycles. The van der Waals surface area contributed by atoms with Crippen LogP contribution in [0.3, 0.4) is 0 Å². The first-order valence-corrected chi connectivity index (χ1v) is 9.57. The Morgan fingerprint density at radius 3 is 2.48 bits per heavy atom. The van der Waals surface area contributed by atoms with Crippen molar-refractivity contribution in [3.05, 3.63) is 56.9 Å². The lowest BCUT2D eigenvalue weighted by molar-refractivity contribution is 0.0743. The van der Waals surface area contributed by atoms with Crippen molar-refractivity contribution in [2.45, 2.75) is 46.8 Å². The molecule has 2 rings (SSSR count). The van der Waals surface area contributed by atoms with Crippen LogP contribution in [-0.4, -0.2) is 34.8 Å². The van der Waals surface area contributed by atoms with Gasteiger partial charge in [0.1, 0.15) is 17.4 Å². The monoisotopic (exact) mass is 398 g/mol. The zero-order valence-corrected chi connectivity index (χ0v) is 17.2. The first-order valence-electron chi connectivity index (χ1n) is 9.57. The molecule has 29 heavy (non-hydrogen) atoms. The van der Waals surface area contributed by atoms with Gasteiger partial charge in [0, 0.05) is 18.7 Å². The van der Waals surface area contributed by atoms with E-state index in [1.807, 2.05) is 26.8 Å². The molecule has 1 heterocycles. The first-order chi connectivity index (χ1) is 13.8. The second kappa shape index (κ2) is 9.89. The number of aromatic hydroxyl groups is 1. The summed E-state index contributed by atoms with van der Waals surface area (Å²) in [6.45, 7) is 8.18. The molecule has 0 bridgehead atoms. The number of benzene rings is 1. The second-order valence-corrected chi connectivity index (χ2v) is 6.83. The van der Waals surface area contributed by atoms with Crippen molar-refractivity contribution in [3.8, 4) is 17.7 Å². The molecule has 0 fully saturated rings. The van der Waals surface area contributed by atoms with Crippen LogP contribution in [0.4, 0.5) is 0 Å². The van der Waals surface area contributed by atoms with Crippen molar-refractivity contribution in [3.63, 3.8) is 0 Å². The number of rotatable bonds is 9. The van der Waals surface area contributed by atoms with E-state index in [2.05, 4.69) is 0 Å². The Balaban J connectivity index is 2.45. The van der Waals surface area contributed by atoms with Gasteiger partial charge in [0.15, 0.2) is 5.78 Å². The van der Waals surface area contributed by atoms with Gasteiger partial charge in [-0.1, -0.05) is 0 Å². The molecule has 154 valence electrons. The third-order valence-electron chi connectivity index (χ3n) is 4.43. The summed E-state index contributed by atoms with van der Waals surface area (Å²) in [5, 5.41) is 20.2. The van der Waals surface area contributed by atoms with Gasteiger partial charge in [0.25, 0.3) is 5.56 Å². The predicted molar refractivity (Wildman–Crippen MR) is 109 cm³/mol. The highest BCUT2D eigenvalue weighted by atomic mass is 16.5. The number of carbonyl (C=O) groups excluding carboxylic acids is 1. The van der Waals surface area contributed by atoms with Crippen LogP contribution in [0.25, 0.3) is 0 Å². The molecule has 1 N–H and O–H groups in total. The van der Waals surface area contributed by atoms with E-state index in [0.29, 0.717) is 30.9 Å². The number of nitriles is 1. The van der Waals surface area contributed by atoms with Gasteiger partial charge in [-0.2, -0.15) is 5.26 Å². The lowest BCUT2D eigenvalue weighted by Gasteiger charge is -2.16. The van der Waals surface area contributed by atoms with E-state index in [9.17, 15) is 20.0 Å². The highest BCUT2D eigenvalue weighted by molar-refractivity contribution is 6.11. The minimum Gasteiger partial charge on any atom is -0.494 e. The van der Waals surface area contributed by atoms with Crippen LogP contribution in [0.2, 0.25) is 0 Å². The summed E-state index contributed by atoms with van der Waals surface area (Å²) in [5.41, 5.74) is -0.320. The van der Waals surface area contributed by atoms with E-state index < -0.39 is 17.2 Å². The van der Waals surface area contributed by atoms with Crippen LogP contribution in [0, 0.1) is 18.3 Å². The fraction of sp³-hybridized carbons (Fsp3) is 0.409. The Bertz CT molecular complexity index is 969. The average Bonchev–Trinajstić information content (AvgIpc) is 2.68. The van der Waals surface area contributed by atoms with Crippen molar-refractivity contribution in [1.82, 2.24) is 4.57 Å². The van der Waals surface area contributed by atoms with Gasteiger partial charge in [-0.25, -0.2) is 0 Å². The number of aromatic nitrogens is 1. The van der Waals surface area contributed by atoms with Crippen molar-refractivity contribution < 1.29 is 19.4 Å². The standard InChI is InChI=1S/C22H26N2O5/c1-5-28-17-9-7-16(8-10-17)20(25)19-15(4)18(13-23)21(26)24(22(19)27)11-6-12-29-14(2)3/h7-10,14,27H,5-6,11-12H2,1-4H3. The Morgan fingerprint density at radius 1 is 1.28 bits per heavy atom. The number of ether oxygens (including phenoxy) is 2. The largest absolute Gasteiger partial charge is 0.494 e. The second-order valence-electron chi connectivity index (χ2n) is 6.83. The summed E-state index contributed by atoms with van der Waals surface area (Å²) in [5.74, 6) is -0.278. The molecule has 0 saturated heterocycles. The third-order valence-corrected chi connectivity index (χ3v) is 4.43. The van der Waals surface area contributed by atoms with E-state index in [0.717, 1.165) is 4.57 Å². The molecule has 0 spiro atoms. The number of pyridine rings is 1. The highest BCUT2D eigenvalue weighted by Crippen LogP contribution is 2.26. The van der Waals surface area contributed by atoms with Gasteiger partial charge in [0.2, 0.25) is 5.88 Å². The summed E-state index contributed by atoms with van der Waals surface area (Å²) in [6.07, 6.45) is 0.501. The van der Waals surface area contributed by atoms with Gasteiger partial charge in [-0.05, 0) is 63.9 Å². The van der Waals surface area contributed by atoms with E-state index in [-0.39, 0.29) is 29.3 Å². The topological polar surface area (TPSA) is 102 Å².